The molecular weight excluding hydrogens is 158 g/mol. The van der Waals surface area contributed by atoms with Crippen molar-refractivity contribution in [3.63, 3.8) is 0 Å². The highest BCUT2D eigenvalue weighted by Crippen LogP contribution is 2.32. The van der Waals surface area contributed by atoms with Crippen LogP contribution in [0.2, 0.25) is 0 Å². The van der Waals surface area contributed by atoms with Gasteiger partial charge in [0.2, 0.25) is 0 Å². The van der Waals surface area contributed by atoms with E-state index >= 15 is 0 Å². The molecule has 0 aromatic carbocycles. The van der Waals surface area contributed by atoms with Crippen molar-refractivity contribution in [1.29, 1.82) is 0 Å². The van der Waals surface area contributed by atoms with Gasteiger partial charge >= 0.3 is 0 Å². The summed E-state index contributed by atoms with van der Waals surface area (Å²) in [4.78, 5) is 2.77. The van der Waals surface area contributed by atoms with Crippen molar-refractivity contribution in [2.45, 2.75) is 64.5 Å². The maximum absolute atomic E-state index is 2.77. The third-order valence-electron chi connectivity index (χ3n) is 3.90. The summed E-state index contributed by atoms with van der Waals surface area (Å²) in [6, 6.07) is 1.69. The quantitative estimate of drug-likeness (QED) is 0.601. The van der Waals surface area contributed by atoms with Gasteiger partial charge in [-0.05, 0) is 45.4 Å². The van der Waals surface area contributed by atoms with Crippen LogP contribution >= 0.6 is 0 Å². The van der Waals surface area contributed by atoms with Gasteiger partial charge in [0.15, 0.2) is 0 Å². The Kier molecular flexibility index (Phi) is 2.92. The van der Waals surface area contributed by atoms with Crippen LogP contribution in [0.3, 0.4) is 0 Å². The summed E-state index contributed by atoms with van der Waals surface area (Å²) in [6.45, 7) is 6.11. The zero-order valence-corrected chi connectivity index (χ0v) is 9.13. The minimum atomic E-state index is 0.767. The van der Waals surface area contributed by atoms with Crippen molar-refractivity contribution in [2.75, 3.05) is 6.54 Å². The molecule has 0 spiro atoms. The summed E-state index contributed by atoms with van der Waals surface area (Å²) in [7, 11) is 0. The van der Waals surface area contributed by atoms with E-state index < -0.39 is 0 Å². The number of rotatable bonds is 1. The van der Waals surface area contributed by atoms with E-state index in [4.69, 9.17) is 0 Å². The molecule has 0 radical (unpaired) electrons. The fourth-order valence-electron chi connectivity index (χ4n) is 3.17. The van der Waals surface area contributed by atoms with Gasteiger partial charge in [0.25, 0.3) is 0 Å². The molecule has 0 amide bonds. The van der Waals surface area contributed by atoms with Gasteiger partial charge in [0.1, 0.15) is 0 Å². The standard InChI is InChI=1S/C12H23N/c1-10(2)13-9-11-5-3-7-12(13)8-4-6-11/h10-12H,3-9H2,1-2H3. The van der Waals surface area contributed by atoms with E-state index in [-0.39, 0.29) is 0 Å². The molecule has 0 aromatic heterocycles. The predicted molar refractivity (Wildman–Crippen MR) is 56.8 cm³/mol. The number of nitrogens with zero attached hydrogens (tertiary/aromatic N) is 1. The summed E-state index contributed by atoms with van der Waals surface area (Å²) >= 11 is 0. The van der Waals surface area contributed by atoms with Gasteiger partial charge in [-0.25, -0.2) is 0 Å². The molecule has 2 bridgehead atoms. The van der Waals surface area contributed by atoms with Crippen LogP contribution in [0.15, 0.2) is 0 Å². The summed E-state index contributed by atoms with van der Waals surface area (Å²) in [5.41, 5.74) is 0. The molecule has 0 aliphatic carbocycles. The van der Waals surface area contributed by atoms with Gasteiger partial charge in [-0.1, -0.05) is 12.8 Å². The molecule has 1 heteroatoms. The second-order valence-electron chi connectivity index (χ2n) is 5.17. The number of hydrogen-bond acceptors (Lipinski definition) is 1. The fourth-order valence-corrected chi connectivity index (χ4v) is 3.17. The minimum Gasteiger partial charge on any atom is -0.298 e. The highest BCUT2D eigenvalue weighted by Gasteiger charge is 2.30. The molecule has 2 aliphatic rings. The van der Waals surface area contributed by atoms with Crippen LogP contribution in [-0.2, 0) is 0 Å². The molecule has 13 heavy (non-hydrogen) atoms. The maximum atomic E-state index is 2.77. The van der Waals surface area contributed by atoms with Gasteiger partial charge in [0.05, 0.1) is 0 Å². The van der Waals surface area contributed by atoms with Gasteiger partial charge in [-0.3, -0.25) is 4.90 Å². The van der Waals surface area contributed by atoms with Crippen molar-refractivity contribution in [2.24, 2.45) is 5.92 Å². The molecular formula is C12H23N. The Hall–Kier alpha value is -0.0400. The molecule has 2 saturated heterocycles. The van der Waals surface area contributed by atoms with E-state index in [1.165, 1.54) is 45.1 Å². The van der Waals surface area contributed by atoms with E-state index in [2.05, 4.69) is 18.7 Å². The smallest absolute Gasteiger partial charge is 0.00980 e. The lowest BCUT2D eigenvalue weighted by Crippen LogP contribution is -2.40. The molecule has 0 unspecified atom stereocenters. The second-order valence-corrected chi connectivity index (χ2v) is 5.17. The third kappa shape index (κ3) is 2.07. The lowest BCUT2D eigenvalue weighted by molar-refractivity contribution is 0.148. The molecule has 2 heterocycles. The molecule has 0 aromatic rings. The summed E-state index contributed by atoms with van der Waals surface area (Å²) in [5, 5.41) is 0. The van der Waals surface area contributed by atoms with E-state index in [1.54, 1.807) is 0 Å². The molecule has 0 saturated carbocycles. The van der Waals surface area contributed by atoms with Crippen LogP contribution in [0.1, 0.15) is 52.4 Å². The van der Waals surface area contributed by atoms with Crippen LogP contribution in [-0.4, -0.2) is 23.5 Å². The second kappa shape index (κ2) is 4.00. The first kappa shape index (κ1) is 9.51. The van der Waals surface area contributed by atoms with Crippen molar-refractivity contribution in [3.05, 3.63) is 0 Å². The maximum Gasteiger partial charge on any atom is 0.00980 e. The average molecular weight is 181 g/mol. The third-order valence-corrected chi connectivity index (χ3v) is 3.90. The highest BCUT2D eigenvalue weighted by atomic mass is 15.2. The summed E-state index contributed by atoms with van der Waals surface area (Å²) in [6.07, 6.45) is 8.90. The average Bonchev–Trinajstić information content (AvgIpc) is 2.32. The first-order chi connectivity index (χ1) is 6.27. The van der Waals surface area contributed by atoms with E-state index in [1.807, 2.05) is 0 Å². The van der Waals surface area contributed by atoms with Crippen LogP contribution in [0.25, 0.3) is 0 Å². The van der Waals surface area contributed by atoms with Gasteiger partial charge < -0.3 is 0 Å². The first-order valence-corrected chi connectivity index (χ1v) is 6.03. The molecule has 2 aliphatic heterocycles. The first-order valence-electron chi connectivity index (χ1n) is 6.03. The molecule has 2 rings (SSSR count). The molecule has 76 valence electrons. The summed E-state index contributed by atoms with van der Waals surface area (Å²) in [5.74, 6) is 1.02. The van der Waals surface area contributed by atoms with Crippen molar-refractivity contribution >= 4 is 0 Å². The SMILES string of the molecule is CC(C)N1CC2CCCC1CCC2. The monoisotopic (exact) mass is 181 g/mol. The fraction of sp³-hybridized carbons (Fsp3) is 1.00. The Bertz CT molecular complexity index is 155. The Balaban J connectivity index is 2.09. The van der Waals surface area contributed by atoms with Crippen LogP contribution in [0.4, 0.5) is 0 Å². The lowest BCUT2D eigenvalue weighted by atomic mass is 9.93. The Morgan fingerprint density at radius 3 is 2.15 bits per heavy atom. The van der Waals surface area contributed by atoms with Gasteiger partial charge in [-0.2, -0.15) is 0 Å². The highest BCUT2D eigenvalue weighted by molar-refractivity contribution is 4.84. The molecule has 0 N–H and O–H groups in total. The topological polar surface area (TPSA) is 3.24 Å². The van der Waals surface area contributed by atoms with Crippen molar-refractivity contribution in [3.8, 4) is 0 Å². The minimum absolute atomic E-state index is 0.767. The normalized spacial score (nSPS) is 36.2. The van der Waals surface area contributed by atoms with E-state index in [0.29, 0.717) is 0 Å². The van der Waals surface area contributed by atoms with Gasteiger partial charge in [-0.15, -0.1) is 0 Å². The molecule has 0 atom stereocenters. The van der Waals surface area contributed by atoms with Crippen LogP contribution in [0, 0.1) is 5.92 Å². The number of hydrogen-bond donors (Lipinski definition) is 0. The zero-order chi connectivity index (χ0) is 9.26. The van der Waals surface area contributed by atoms with Crippen molar-refractivity contribution in [1.82, 2.24) is 4.90 Å². The van der Waals surface area contributed by atoms with Gasteiger partial charge in [0, 0.05) is 18.6 Å². The Labute approximate surface area is 82.5 Å². The molecule has 2 fully saturated rings. The summed E-state index contributed by atoms with van der Waals surface area (Å²) < 4.78 is 0. The van der Waals surface area contributed by atoms with Crippen LogP contribution in [0.5, 0.6) is 0 Å². The Morgan fingerprint density at radius 2 is 1.62 bits per heavy atom. The predicted octanol–water partition coefficient (Wildman–Crippen LogP) is 3.05. The van der Waals surface area contributed by atoms with Crippen LogP contribution < -0.4 is 0 Å². The number of fused-ring (bicyclic) bond motifs is 3. The van der Waals surface area contributed by atoms with E-state index in [0.717, 1.165) is 18.0 Å². The largest absolute Gasteiger partial charge is 0.298 e. The molecule has 1 nitrogen and oxygen atoms in total. The van der Waals surface area contributed by atoms with Crippen molar-refractivity contribution < 1.29 is 0 Å². The zero-order valence-electron chi connectivity index (χ0n) is 9.13. The van der Waals surface area contributed by atoms with E-state index in [9.17, 15) is 0 Å². The lowest BCUT2D eigenvalue weighted by Gasteiger charge is -2.32. The Morgan fingerprint density at radius 1 is 1.00 bits per heavy atom.